The highest BCUT2D eigenvalue weighted by Gasteiger charge is 2.32. The lowest BCUT2D eigenvalue weighted by atomic mass is 9.96. The van der Waals surface area contributed by atoms with E-state index in [9.17, 15) is 29.1 Å². The van der Waals surface area contributed by atoms with Crippen LogP contribution in [0.15, 0.2) is 4.99 Å². The fourth-order valence-electron chi connectivity index (χ4n) is 3.09. The Hall–Kier alpha value is -3.42. The largest absolute Gasteiger partial charge is 0.481 e. The zero-order chi connectivity index (χ0) is 28.0. The number of carboxylic acids is 2. The summed E-state index contributed by atoms with van der Waals surface area (Å²) in [6, 6.07) is -4.50. The predicted octanol–water partition coefficient (Wildman–Crippen LogP) is -1.53. The van der Waals surface area contributed by atoms with E-state index in [4.69, 9.17) is 22.3 Å². The summed E-state index contributed by atoms with van der Waals surface area (Å²) in [5.74, 6) is -5.24. The van der Waals surface area contributed by atoms with Crippen molar-refractivity contribution < 1.29 is 34.2 Å². The Kier molecular flexibility index (Phi) is 14.7. The quantitative estimate of drug-likeness (QED) is 0.0630. The van der Waals surface area contributed by atoms with Crippen LogP contribution in [0.4, 0.5) is 0 Å². The summed E-state index contributed by atoms with van der Waals surface area (Å²) >= 11 is 0. The summed E-state index contributed by atoms with van der Waals surface area (Å²) in [7, 11) is 0. The number of amides is 3. The number of hydrogen-bond acceptors (Lipinski definition) is 7. The van der Waals surface area contributed by atoms with E-state index in [2.05, 4.69) is 20.9 Å². The van der Waals surface area contributed by atoms with E-state index >= 15 is 0 Å². The molecule has 11 N–H and O–H groups in total. The zero-order valence-electron chi connectivity index (χ0n) is 21.3. The van der Waals surface area contributed by atoms with Crippen molar-refractivity contribution in [3.05, 3.63) is 0 Å². The number of nitrogens with one attached hydrogen (secondary N) is 3. The smallest absolute Gasteiger partial charge is 0.326 e. The molecule has 0 aromatic rings. The van der Waals surface area contributed by atoms with Crippen molar-refractivity contribution in [3.8, 4) is 0 Å². The molecular formula is C22H41N7O7. The lowest BCUT2D eigenvalue weighted by Crippen LogP contribution is -2.59. The molecule has 14 nitrogen and oxygen atoms in total. The second kappa shape index (κ2) is 16.3. The molecule has 0 bridgehead atoms. The van der Waals surface area contributed by atoms with Crippen molar-refractivity contribution in [2.75, 3.05) is 6.54 Å². The van der Waals surface area contributed by atoms with E-state index in [1.807, 2.05) is 6.92 Å². The van der Waals surface area contributed by atoms with Crippen LogP contribution in [0.2, 0.25) is 0 Å². The van der Waals surface area contributed by atoms with E-state index in [0.29, 0.717) is 6.42 Å². The SMILES string of the molecule is CCC(C)C(NC(=O)C(N)C(C)C)C(=O)NC(CCCN=C(N)N)C(=O)NC(CCC(=O)O)C(=O)O. The molecule has 0 aromatic carbocycles. The summed E-state index contributed by atoms with van der Waals surface area (Å²) in [6.07, 6.45) is 0.0294. The Morgan fingerprint density at radius 3 is 1.92 bits per heavy atom. The predicted molar refractivity (Wildman–Crippen MR) is 132 cm³/mol. The van der Waals surface area contributed by atoms with E-state index in [1.54, 1.807) is 20.8 Å². The maximum atomic E-state index is 13.2. The summed E-state index contributed by atoms with van der Waals surface area (Å²) in [6.45, 7) is 7.27. The molecule has 0 spiro atoms. The summed E-state index contributed by atoms with van der Waals surface area (Å²) in [5.41, 5.74) is 16.5. The van der Waals surface area contributed by atoms with E-state index in [1.165, 1.54) is 0 Å². The Balaban J connectivity index is 5.71. The average molecular weight is 516 g/mol. The first-order chi connectivity index (χ1) is 16.7. The molecule has 0 saturated carbocycles. The molecule has 0 radical (unpaired) electrons. The summed E-state index contributed by atoms with van der Waals surface area (Å²) < 4.78 is 0. The maximum Gasteiger partial charge on any atom is 0.326 e. The summed E-state index contributed by atoms with van der Waals surface area (Å²) in [5, 5.41) is 25.7. The number of hydrogen-bond donors (Lipinski definition) is 8. The van der Waals surface area contributed by atoms with Gasteiger partial charge in [0.25, 0.3) is 0 Å². The molecule has 14 heteroatoms. The third-order valence-electron chi connectivity index (χ3n) is 5.65. The van der Waals surface area contributed by atoms with E-state index in [0.717, 1.165) is 0 Å². The number of guanidine groups is 1. The van der Waals surface area contributed by atoms with Crippen LogP contribution in [0.25, 0.3) is 0 Å². The van der Waals surface area contributed by atoms with Gasteiger partial charge in [0.1, 0.15) is 18.1 Å². The fourth-order valence-corrected chi connectivity index (χ4v) is 3.09. The van der Waals surface area contributed by atoms with Gasteiger partial charge in [-0.2, -0.15) is 0 Å². The maximum absolute atomic E-state index is 13.2. The first-order valence-electron chi connectivity index (χ1n) is 11.9. The van der Waals surface area contributed by atoms with Crippen LogP contribution < -0.4 is 33.2 Å². The number of carboxylic acid groups (broad SMARTS) is 2. The van der Waals surface area contributed by atoms with Crippen molar-refractivity contribution in [2.24, 2.45) is 34.0 Å². The van der Waals surface area contributed by atoms with Crippen LogP contribution in [0, 0.1) is 11.8 Å². The Morgan fingerprint density at radius 2 is 1.44 bits per heavy atom. The molecule has 206 valence electrons. The van der Waals surface area contributed by atoms with Crippen molar-refractivity contribution in [1.82, 2.24) is 16.0 Å². The molecule has 0 heterocycles. The zero-order valence-corrected chi connectivity index (χ0v) is 21.3. The van der Waals surface area contributed by atoms with Crippen molar-refractivity contribution in [2.45, 2.75) is 84.0 Å². The Bertz CT molecular complexity index is 800. The molecule has 0 saturated heterocycles. The first-order valence-corrected chi connectivity index (χ1v) is 11.9. The number of rotatable bonds is 17. The molecule has 0 aliphatic rings. The molecule has 0 fully saturated rings. The van der Waals surface area contributed by atoms with Crippen LogP contribution in [0.1, 0.15) is 59.8 Å². The number of aliphatic carboxylic acids is 2. The first kappa shape index (κ1) is 32.6. The molecule has 0 rings (SSSR count). The highest BCUT2D eigenvalue weighted by atomic mass is 16.4. The second-order valence-corrected chi connectivity index (χ2v) is 8.98. The molecule has 5 unspecified atom stereocenters. The standard InChI is InChI=1S/C22H41N7O7/c1-5-12(4)17(29-19(33)16(23)11(2)3)20(34)27-13(7-6-10-26-22(24)25)18(32)28-14(21(35)36)8-9-15(30)31/h11-14,16-17H,5-10,23H2,1-4H3,(H,27,34)(H,28,32)(H,29,33)(H,30,31)(H,35,36)(H4,24,25,26). The minimum absolute atomic E-state index is 0.0479. The minimum atomic E-state index is -1.47. The minimum Gasteiger partial charge on any atom is -0.481 e. The van der Waals surface area contributed by atoms with Gasteiger partial charge in [-0.3, -0.25) is 24.2 Å². The molecule has 0 aliphatic carbocycles. The van der Waals surface area contributed by atoms with Gasteiger partial charge < -0.3 is 43.4 Å². The molecule has 0 aromatic heterocycles. The van der Waals surface area contributed by atoms with Gasteiger partial charge in [-0.1, -0.05) is 34.1 Å². The van der Waals surface area contributed by atoms with Crippen molar-refractivity contribution >= 4 is 35.6 Å². The van der Waals surface area contributed by atoms with Crippen LogP contribution in [0.5, 0.6) is 0 Å². The lowest BCUT2D eigenvalue weighted by molar-refractivity contribution is -0.143. The van der Waals surface area contributed by atoms with Gasteiger partial charge >= 0.3 is 11.9 Å². The highest BCUT2D eigenvalue weighted by molar-refractivity contribution is 5.94. The van der Waals surface area contributed by atoms with Gasteiger partial charge in [0.15, 0.2) is 5.96 Å². The molecular weight excluding hydrogens is 474 g/mol. The van der Waals surface area contributed by atoms with Gasteiger partial charge in [-0.15, -0.1) is 0 Å². The van der Waals surface area contributed by atoms with Gasteiger partial charge in [-0.25, -0.2) is 4.79 Å². The normalized spacial score (nSPS) is 15.1. The molecule has 0 aliphatic heterocycles. The van der Waals surface area contributed by atoms with Crippen LogP contribution in [-0.4, -0.2) is 76.5 Å². The molecule has 5 atom stereocenters. The Labute approximate surface area is 210 Å². The second-order valence-electron chi connectivity index (χ2n) is 8.98. The van der Waals surface area contributed by atoms with Gasteiger partial charge in [-0.05, 0) is 31.1 Å². The van der Waals surface area contributed by atoms with Crippen molar-refractivity contribution in [1.29, 1.82) is 0 Å². The van der Waals surface area contributed by atoms with Gasteiger partial charge in [0.2, 0.25) is 17.7 Å². The van der Waals surface area contributed by atoms with Crippen LogP contribution in [0.3, 0.4) is 0 Å². The van der Waals surface area contributed by atoms with E-state index in [-0.39, 0.29) is 43.6 Å². The summed E-state index contributed by atoms with van der Waals surface area (Å²) in [4.78, 5) is 64.7. The van der Waals surface area contributed by atoms with E-state index < -0.39 is 60.2 Å². The molecule has 3 amide bonds. The van der Waals surface area contributed by atoms with Crippen LogP contribution >= 0.6 is 0 Å². The third-order valence-corrected chi connectivity index (χ3v) is 5.65. The lowest BCUT2D eigenvalue weighted by Gasteiger charge is -2.28. The fraction of sp³-hybridized carbons (Fsp3) is 0.727. The third kappa shape index (κ3) is 12.3. The highest BCUT2D eigenvalue weighted by Crippen LogP contribution is 2.11. The number of nitrogens with two attached hydrogens (primary N) is 3. The number of carbonyl (C=O) groups is 5. The Morgan fingerprint density at radius 1 is 0.861 bits per heavy atom. The molecule has 36 heavy (non-hydrogen) atoms. The van der Waals surface area contributed by atoms with Crippen LogP contribution in [-0.2, 0) is 24.0 Å². The number of aliphatic imine (C=N–C) groups is 1. The van der Waals surface area contributed by atoms with Gasteiger partial charge in [0, 0.05) is 13.0 Å². The number of nitrogens with zero attached hydrogens (tertiary/aromatic N) is 1. The topological polar surface area (TPSA) is 252 Å². The van der Waals surface area contributed by atoms with Crippen molar-refractivity contribution in [3.63, 3.8) is 0 Å². The average Bonchev–Trinajstić information content (AvgIpc) is 2.79. The monoisotopic (exact) mass is 515 g/mol. The number of carbonyl (C=O) groups excluding carboxylic acids is 3. The van der Waals surface area contributed by atoms with Gasteiger partial charge in [0.05, 0.1) is 6.04 Å².